The Morgan fingerprint density at radius 2 is 1.67 bits per heavy atom. The zero-order valence-electron chi connectivity index (χ0n) is 9.06. The topological polar surface area (TPSA) is 13.1 Å². The molecule has 0 aliphatic rings. The molecule has 0 bridgehead atoms. The molecule has 0 aromatic carbocycles. The predicted molar refractivity (Wildman–Crippen MR) is 53.5 cm³/mol. The van der Waals surface area contributed by atoms with E-state index < -0.39 is 0 Å². The molecule has 1 heterocycles. The molecular weight excluding hydrogens is 148 g/mol. The lowest BCUT2D eigenvalue weighted by molar-refractivity contribution is 0.406. The van der Waals surface area contributed by atoms with Crippen LogP contribution in [0.25, 0.3) is 0 Å². The fourth-order valence-electron chi connectivity index (χ4n) is 1.14. The van der Waals surface area contributed by atoms with Crippen LogP contribution in [0.5, 0.6) is 0 Å². The lowest BCUT2D eigenvalue weighted by Crippen LogP contribution is -2.10. The lowest BCUT2D eigenvalue weighted by atomic mass is 9.91. The van der Waals surface area contributed by atoms with Gasteiger partial charge in [-0.1, -0.05) is 34.6 Å². The number of hydrogen-bond acceptors (Lipinski definition) is 1. The van der Waals surface area contributed by atoms with E-state index in [9.17, 15) is 0 Å². The Bertz CT molecular complexity index is 215. The van der Waals surface area contributed by atoms with Crippen LogP contribution in [-0.2, 0) is 5.41 Å². The highest BCUT2D eigenvalue weighted by molar-refractivity contribution is 5.21. The summed E-state index contributed by atoms with van der Waals surface area (Å²) in [6.07, 6.45) is 1.75. The normalized spacial score (nSPS) is 10.5. The second-order valence-electron chi connectivity index (χ2n) is 3.68. The van der Waals surface area contributed by atoms with E-state index in [1.54, 1.807) is 6.26 Å². The highest BCUT2D eigenvalue weighted by atomic mass is 16.3. The Morgan fingerprint density at radius 1 is 1.17 bits per heavy atom. The van der Waals surface area contributed by atoms with E-state index in [1.165, 1.54) is 5.56 Å². The summed E-state index contributed by atoms with van der Waals surface area (Å²) < 4.78 is 5.33. The van der Waals surface area contributed by atoms with Gasteiger partial charge in [-0.25, -0.2) is 0 Å². The molecule has 1 rings (SSSR count). The average Bonchev–Trinajstić information content (AvgIpc) is 2.38. The summed E-state index contributed by atoms with van der Waals surface area (Å²) in [6, 6.07) is 2.00. The van der Waals surface area contributed by atoms with Crippen molar-refractivity contribution in [1.29, 1.82) is 0 Å². The van der Waals surface area contributed by atoms with Gasteiger partial charge in [-0.2, -0.15) is 0 Å². The molecule has 0 radical (unpaired) electrons. The molecule has 1 nitrogen and oxygen atoms in total. The Labute approximate surface area is 75.8 Å². The van der Waals surface area contributed by atoms with Crippen molar-refractivity contribution in [3.63, 3.8) is 0 Å². The van der Waals surface area contributed by atoms with E-state index >= 15 is 0 Å². The molecular formula is C11H20O. The molecule has 0 fully saturated rings. The van der Waals surface area contributed by atoms with Crippen molar-refractivity contribution in [2.75, 3.05) is 0 Å². The third-order valence-corrected chi connectivity index (χ3v) is 1.54. The monoisotopic (exact) mass is 168 g/mol. The van der Waals surface area contributed by atoms with Gasteiger partial charge in [0.25, 0.3) is 0 Å². The Kier molecular flexibility index (Phi) is 4.08. The van der Waals surface area contributed by atoms with E-state index in [1.807, 2.05) is 19.9 Å². The second kappa shape index (κ2) is 4.34. The van der Waals surface area contributed by atoms with Crippen LogP contribution in [0.15, 0.2) is 16.7 Å². The summed E-state index contributed by atoms with van der Waals surface area (Å²) in [7, 11) is 0. The molecule has 0 aliphatic carbocycles. The standard InChI is InChI=1S/C9H14O.C2H6/c1-7-5-6-10-8(7)9(2,3)4;1-2/h5-6H,1-4H3;1-2H3. The zero-order chi connectivity index (χ0) is 9.78. The highest BCUT2D eigenvalue weighted by Crippen LogP contribution is 2.25. The maximum absolute atomic E-state index is 5.33. The van der Waals surface area contributed by atoms with E-state index in [2.05, 4.69) is 27.7 Å². The zero-order valence-corrected chi connectivity index (χ0v) is 9.06. The Morgan fingerprint density at radius 3 is 1.83 bits per heavy atom. The summed E-state index contributed by atoms with van der Waals surface area (Å²) in [5, 5.41) is 0. The van der Waals surface area contributed by atoms with Crippen LogP contribution in [0.3, 0.4) is 0 Å². The first kappa shape index (κ1) is 11.3. The molecule has 0 atom stereocenters. The fraction of sp³-hybridized carbons (Fsp3) is 0.636. The summed E-state index contributed by atoms with van der Waals surface area (Å²) in [6.45, 7) is 12.5. The van der Waals surface area contributed by atoms with Crippen LogP contribution in [0.1, 0.15) is 45.9 Å². The lowest BCUT2D eigenvalue weighted by Gasteiger charge is -2.15. The second-order valence-corrected chi connectivity index (χ2v) is 3.68. The van der Waals surface area contributed by atoms with Crippen molar-refractivity contribution in [3.05, 3.63) is 23.7 Å². The van der Waals surface area contributed by atoms with Gasteiger partial charge >= 0.3 is 0 Å². The van der Waals surface area contributed by atoms with Crippen LogP contribution >= 0.6 is 0 Å². The van der Waals surface area contributed by atoms with Gasteiger partial charge < -0.3 is 4.42 Å². The maximum atomic E-state index is 5.33. The first-order valence-corrected chi connectivity index (χ1v) is 4.56. The summed E-state index contributed by atoms with van der Waals surface area (Å²) in [5.41, 5.74) is 1.39. The average molecular weight is 168 g/mol. The SMILES string of the molecule is CC.Cc1ccoc1C(C)(C)C. The van der Waals surface area contributed by atoms with Crippen LogP contribution in [0, 0.1) is 6.92 Å². The van der Waals surface area contributed by atoms with Crippen molar-refractivity contribution in [2.24, 2.45) is 0 Å². The first-order valence-electron chi connectivity index (χ1n) is 4.56. The molecule has 12 heavy (non-hydrogen) atoms. The third kappa shape index (κ3) is 2.72. The van der Waals surface area contributed by atoms with Crippen LogP contribution in [0.4, 0.5) is 0 Å². The smallest absolute Gasteiger partial charge is 0.111 e. The van der Waals surface area contributed by atoms with Crippen molar-refractivity contribution < 1.29 is 4.42 Å². The fourth-order valence-corrected chi connectivity index (χ4v) is 1.14. The van der Waals surface area contributed by atoms with E-state index in [-0.39, 0.29) is 5.41 Å². The maximum Gasteiger partial charge on any atom is 0.111 e. The van der Waals surface area contributed by atoms with Gasteiger partial charge in [0.15, 0.2) is 0 Å². The number of hydrogen-bond donors (Lipinski definition) is 0. The minimum Gasteiger partial charge on any atom is -0.469 e. The predicted octanol–water partition coefficient (Wildman–Crippen LogP) is 3.91. The van der Waals surface area contributed by atoms with Crippen molar-refractivity contribution in [2.45, 2.75) is 47.0 Å². The van der Waals surface area contributed by atoms with Crippen LogP contribution < -0.4 is 0 Å². The molecule has 0 amide bonds. The molecule has 0 unspecified atom stereocenters. The van der Waals surface area contributed by atoms with Gasteiger partial charge in [-0.15, -0.1) is 0 Å². The first-order chi connectivity index (χ1) is 5.52. The Balaban J connectivity index is 0.000000561. The third-order valence-electron chi connectivity index (χ3n) is 1.54. The van der Waals surface area contributed by atoms with Crippen molar-refractivity contribution in [1.82, 2.24) is 0 Å². The van der Waals surface area contributed by atoms with Crippen LogP contribution in [0.2, 0.25) is 0 Å². The van der Waals surface area contributed by atoms with Crippen molar-refractivity contribution in [3.8, 4) is 0 Å². The molecule has 0 saturated carbocycles. The molecule has 0 saturated heterocycles. The van der Waals surface area contributed by atoms with E-state index in [4.69, 9.17) is 4.42 Å². The molecule has 0 spiro atoms. The van der Waals surface area contributed by atoms with Crippen LogP contribution in [-0.4, -0.2) is 0 Å². The minimum atomic E-state index is 0.146. The van der Waals surface area contributed by atoms with E-state index in [0.29, 0.717) is 0 Å². The van der Waals surface area contributed by atoms with Gasteiger partial charge in [-0.3, -0.25) is 0 Å². The largest absolute Gasteiger partial charge is 0.469 e. The minimum absolute atomic E-state index is 0.146. The number of rotatable bonds is 0. The molecule has 1 aromatic heterocycles. The molecule has 0 aliphatic heterocycles. The van der Waals surface area contributed by atoms with Gasteiger partial charge in [0.2, 0.25) is 0 Å². The molecule has 1 aromatic rings. The summed E-state index contributed by atoms with van der Waals surface area (Å²) in [4.78, 5) is 0. The van der Waals surface area contributed by atoms with E-state index in [0.717, 1.165) is 5.76 Å². The quantitative estimate of drug-likeness (QED) is 0.572. The van der Waals surface area contributed by atoms with Gasteiger partial charge in [0.05, 0.1) is 6.26 Å². The highest BCUT2D eigenvalue weighted by Gasteiger charge is 2.18. The number of furan rings is 1. The van der Waals surface area contributed by atoms with Gasteiger partial charge in [0.1, 0.15) is 5.76 Å². The Hall–Kier alpha value is -0.720. The summed E-state index contributed by atoms with van der Waals surface area (Å²) >= 11 is 0. The molecule has 0 N–H and O–H groups in total. The van der Waals surface area contributed by atoms with Gasteiger partial charge in [0, 0.05) is 5.41 Å². The van der Waals surface area contributed by atoms with Gasteiger partial charge in [-0.05, 0) is 18.6 Å². The van der Waals surface area contributed by atoms with Crippen molar-refractivity contribution >= 4 is 0 Å². The molecule has 70 valence electrons. The number of aryl methyl sites for hydroxylation is 1. The molecule has 1 heteroatoms. The summed E-state index contributed by atoms with van der Waals surface area (Å²) in [5.74, 6) is 1.09.